The fourth-order valence-electron chi connectivity index (χ4n) is 3.69. The summed E-state index contributed by atoms with van der Waals surface area (Å²) in [6.07, 6.45) is 9.07. The van der Waals surface area contributed by atoms with Gasteiger partial charge in [-0.1, -0.05) is 78.1 Å². The van der Waals surface area contributed by atoms with Crippen molar-refractivity contribution in [1.29, 1.82) is 0 Å². The third-order valence-electron chi connectivity index (χ3n) is 5.77. The van der Waals surface area contributed by atoms with Crippen LogP contribution < -0.4 is 20.2 Å². The summed E-state index contributed by atoms with van der Waals surface area (Å²) in [6, 6.07) is 3.09. The number of unbranched alkanes of at least 4 members (excludes halogenated alkanes) is 10. The van der Waals surface area contributed by atoms with Gasteiger partial charge in [-0.3, -0.25) is 0 Å². The fraction of sp³-hybridized carbons (Fsp3) is 0.760. The van der Waals surface area contributed by atoms with Gasteiger partial charge >= 0.3 is 6.18 Å². The Morgan fingerprint density at radius 2 is 1.06 bits per heavy atom. The zero-order valence-corrected chi connectivity index (χ0v) is 19.9. The smallest absolute Gasteiger partial charge is 0.433 e. The lowest BCUT2D eigenvalue weighted by Crippen LogP contribution is -2.37. The molecule has 0 unspecified atom stereocenters. The molecule has 0 bridgehead atoms. The van der Waals surface area contributed by atoms with Gasteiger partial charge in [0.25, 0.3) is 0 Å². The molecule has 0 aliphatic carbocycles. The summed E-state index contributed by atoms with van der Waals surface area (Å²) >= 11 is 0. The molecule has 0 aromatic heterocycles. The quantitative estimate of drug-likeness (QED) is 0.260. The predicted molar refractivity (Wildman–Crippen MR) is 121 cm³/mol. The van der Waals surface area contributed by atoms with Gasteiger partial charge in [0.2, 0.25) is 5.66 Å². The predicted octanol–water partition coefficient (Wildman–Crippen LogP) is 6.70. The second kappa shape index (κ2) is 13.0. The van der Waals surface area contributed by atoms with Crippen LogP contribution in [0.15, 0.2) is 22.1 Å². The van der Waals surface area contributed by atoms with Gasteiger partial charge in [-0.15, -0.1) is 0 Å². The van der Waals surface area contributed by atoms with E-state index >= 15 is 0 Å². The Labute approximate surface area is 190 Å². The molecule has 0 amide bonds. The number of hydrogen-bond donors (Lipinski definition) is 0. The molecule has 4 nitrogen and oxygen atoms in total. The van der Waals surface area contributed by atoms with Crippen molar-refractivity contribution < 1.29 is 22.6 Å². The first-order valence-electron chi connectivity index (χ1n) is 12.3. The van der Waals surface area contributed by atoms with Crippen molar-refractivity contribution in [1.82, 2.24) is 0 Å². The molecular formula is C25H39F3N2O2. The molecule has 182 valence electrons. The molecule has 1 aliphatic rings. The number of fused-ring (bicyclic) bond motifs is 1. The first-order chi connectivity index (χ1) is 15.3. The van der Waals surface area contributed by atoms with Gasteiger partial charge in [0.15, 0.2) is 11.5 Å². The van der Waals surface area contributed by atoms with E-state index in [0.717, 1.165) is 32.6 Å². The molecule has 32 heavy (non-hydrogen) atoms. The number of rotatable bonds is 16. The highest BCUT2D eigenvalue weighted by Gasteiger charge is 2.52. The lowest BCUT2D eigenvalue weighted by Gasteiger charge is -2.20. The summed E-state index contributed by atoms with van der Waals surface area (Å²) in [5, 5.41) is 0.407. The summed E-state index contributed by atoms with van der Waals surface area (Å²) < 4.78 is 52.1. The van der Waals surface area contributed by atoms with E-state index in [-0.39, 0.29) is 10.7 Å². The van der Waals surface area contributed by atoms with E-state index in [0.29, 0.717) is 24.7 Å². The first kappa shape index (κ1) is 26.5. The topological polar surface area (TPSA) is 43.2 Å². The van der Waals surface area contributed by atoms with E-state index < -0.39 is 11.8 Å². The Morgan fingerprint density at radius 3 is 1.44 bits per heavy atom. The summed E-state index contributed by atoms with van der Waals surface area (Å²) in [5.41, 5.74) is -2.45. The van der Waals surface area contributed by atoms with E-state index in [4.69, 9.17) is 9.47 Å². The highest BCUT2D eigenvalue weighted by atomic mass is 19.4. The maximum Gasteiger partial charge on any atom is 0.433 e. The molecule has 0 fully saturated rings. The van der Waals surface area contributed by atoms with Crippen LogP contribution in [0.1, 0.15) is 97.8 Å². The van der Waals surface area contributed by atoms with Crippen molar-refractivity contribution in [2.45, 2.75) is 110 Å². The fourth-order valence-corrected chi connectivity index (χ4v) is 3.69. The molecular weight excluding hydrogens is 417 g/mol. The third-order valence-corrected chi connectivity index (χ3v) is 5.77. The van der Waals surface area contributed by atoms with Gasteiger partial charge in [0, 0.05) is 12.1 Å². The van der Waals surface area contributed by atoms with Crippen LogP contribution in [-0.2, 0) is 0 Å². The second-order valence-corrected chi connectivity index (χ2v) is 8.76. The largest absolute Gasteiger partial charge is 0.490 e. The highest BCUT2D eigenvalue weighted by molar-refractivity contribution is 5.40. The van der Waals surface area contributed by atoms with Crippen LogP contribution in [0.2, 0.25) is 0 Å². The molecule has 1 aliphatic heterocycles. The van der Waals surface area contributed by atoms with Crippen molar-refractivity contribution in [3.05, 3.63) is 22.8 Å². The summed E-state index contributed by atoms with van der Waals surface area (Å²) in [7, 11) is 0. The zero-order valence-electron chi connectivity index (χ0n) is 19.9. The number of hydrogen-bond acceptors (Lipinski definition) is 4. The molecule has 0 atom stereocenters. The Bertz CT molecular complexity index is 752. The van der Waals surface area contributed by atoms with E-state index in [1.807, 2.05) is 0 Å². The summed E-state index contributed by atoms with van der Waals surface area (Å²) in [6.45, 7) is 6.37. The van der Waals surface area contributed by atoms with Gasteiger partial charge < -0.3 is 9.47 Å². The standard InChI is InChI=1S/C25H39F3N2O2/c1-4-6-8-10-12-14-16-31-22-18-20-21(30-24(3,29-20)25(26,27)28)19-23(22)32-17-15-13-11-9-7-5-2/h18-19H,4-17H2,1-3H3. The van der Waals surface area contributed by atoms with E-state index in [9.17, 15) is 13.2 Å². The minimum absolute atomic E-state index is 0.203. The number of alkyl halides is 3. The average Bonchev–Trinajstić information content (AvgIpc) is 3.08. The van der Waals surface area contributed by atoms with Gasteiger partial charge in [0.1, 0.15) is 0 Å². The Hall–Kier alpha value is -1.79. The SMILES string of the molecule is CCCCCCCCOc1cc2c(cc1OCCCCCCCC)=NC(C)(C(F)(F)F)N=2. The molecule has 1 heterocycles. The van der Waals surface area contributed by atoms with Crippen molar-refractivity contribution in [3.8, 4) is 11.5 Å². The normalized spacial score (nSPS) is 14.6. The van der Waals surface area contributed by atoms with Crippen LogP contribution in [0, 0.1) is 0 Å². The molecule has 1 aromatic rings. The minimum atomic E-state index is -4.55. The van der Waals surface area contributed by atoms with Crippen molar-refractivity contribution in [2.75, 3.05) is 13.2 Å². The molecule has 2 rings (SSSR count). The number of benzene rings is 1. The zero-order chi connectivity index (χ0) is 23.5. The number of nitrogens with zero attached hydrogens (tertiary/aromatic N) is 2. The van der Waals surface area contributed by atoms with Crippen molar-refractivity contribution >= 4 is 0 Å². The minimum Gasteiger partial charge on any atom is -0.490 e. The van der Waals surface area contributed by atoms with Crippen LogP contribution in [0.5, 0.6) is 11.5 Å². The maximum absolute atomic E-state index is 13.4. The second-order valence-electron chi connectivity index (χ2n) is 8.76. The maximum atomic E-state index is 13.4. The number of ether oxygens (including phenoxy) is 2. The molecule has 0 radical (unpaired) electrons. The summed E-state index contributed by atoms with van der Waals surface area (Å²) in [5.74, 6) is 0.905. The van der Waals surface area contributed by atoms with Crippen LogP contribution >= 0.6 is 0 Å². The van der Waals surface area contributed by atoms with Crippen LogP contribution in [-0.4, -0.2) is 25.1 Å². The Balaban J connectivity index is 2.03. The van der Waals surface area contributed by atoms with Crippen LogP contribution in [0.25, 0.3) is 0 Å². The van der Waals surface area contributed by atoms with Crippen LogP contribution in [0.3, 0.4) is 0 Å². The Morgan fingerprint density at radius 1 is 0.688 bits per heavy atom. The first-order valence-corrected chi connectivity index (χ1v) is 12.3. The van der Waals surface area contributed by atoms with E-state index in [1.54, 1.807) is 12.1 Å². The van der Waals surface area contributed by atoms with Gasteiger partial charge in [-0.05, 0) is 19.8 Å². The number of halogens is 3. The lowest BCUT2D eigenvalue weighted by molar-refractivity contribution is -0.177. The summed E-state index contributed by atoms with van der Waals surface area (Å²) in [4.78, 5) is 7.69. The molecule has 0 saturated carbocycles. The lowest BCUT2D eigenvalue weighted by atomic mass is 10.1. The van der Waals surface area contributed by atoms with Gasteiger partial charge in [-0.25, -0.2) is 9.98 Å². The molecule has 1 aromatic carbocycles. The van der Waals surface area contributed by atoms with E-state index in [1.165, 1.54) is 51.4 Å². The highest BCUT2D eigenvalue weighted by Crippen LogP contribution is 2.35. The van der Waals surface area contributed by atoms with Gasteiger partial charge in [0.05, 0.1) is 23.9 Å². The average molecular weight is 457 g/mol. The van der Waals surface area contributed by atoms with Crippen molar-refractivity contribution in [3.63, 3.8) is 0 Å². The molecule has 0 saturated heterocycles. The molecule has 7 heteroatoms. The van der Waals surface area contributed by atoms with Gasteiger partial charge in [-0.2, -0.15) is 13.2 Å². The van der Waals surface area contributed by atoms with Crippen LogP contribution in [0.4, 0.5) is 13.2 Å². The van der Waals surface area contributed by atoms with E-state index in [2.05, 4.69) is 23.8 Å². The van der Waals surface area contributed by atoms with Crippen molar-refractivity contribution in [2.24, 2.45) is 9.98 Å². The monoisotopic (exact) mass is 456 g/mol. The molecule has 0 N–H and O–H groups in total. The molecule has 0 spiro atoms. The third kappa shape index (κ3) is 7.96. The Kier molecular flexibility index (Phi) is 10.8.